The van der Waals surface area contributed by atoms with Crippen LogP contribution in [0.4, 0.5) is 0 Å². The molecule has 4 rings (SSSR count). The summed E-state index contributed by atoms with van der Waals surface area (Å²) in [7, 11) is 0. The summed E-state index contributed by atoms with van der Waals surface area (Å²) < 4.78 is 10.7. The first-order valence-corrected chi connectivity index (χ1v) is 8.15. The highest BCUT2D eigenvalue weighted by Gasteiger charge is 2.39. The second-order valence-corrected chi connectivity index (χ2v) is 6.42. The molecule has 5 nitrogen and oxygen atoms in total. The third kappa shape index (κ3) is 3.07. The Kier molecular flexibility index (Phi) is 3.75. The lowest BCUT2D eigenvalue weighted by Crippen LogP contribution is -2.42. The number of halogens is 1. The van der Waals surface area contributed by atoms with Crippen molar-refractivity contribution in [2.75, 3.05) is 0 Å². The van der Waals surface area contributed by atoms with Crippen LogP contribution in [0, 0.1) is 0 Å². The maximum absolute atomic E-state index is 12.3. The van der Waals surface area contributed by atoms with E-state index in [1.54, 1.807) is 36.4 Å². The molecule has 0 saturated carbocycles. The number of furan rings is 1. The number of benzene rings is 1. The zero-order chi connectivity index (χ0) is 15.8. The van der Waals surface area contributed by atoms with Crippen molar-refractivity contribution in [2.24, 2.45) is 0 Å². The molecule has 0 aliphatic carbocycles. The maximum atomic E-state index is 12.3. The van der Waals surface area contributed by atoms with E-state index in [1.165, 1.54) is 6.42 Å². The Morgan fingerprint density at radius 1 is 1.22 bits per heavy atom. The summed E-state index contributed by atoms with van der Waals surface area (Å²) in [6.45, 7) is 0. The number of amides is 1. The minimum Gasteiger partial charge on any atom is -0.426 e. The van der Waals surface area contributed by atoms with Gasteiger partial charge in [-0.05, 0) is 55.1 Å². The van der Waals surface area contributed by atoms with Gasteiger partial charge < -0.3 is 19.8 Å². The van der Waals surface area contributed by atoms with Crippen LogP contribution in [0.15, 0.2) is 40.8 Å². The molecule has 3 atom stereocenters. The molecule has 6 heteroatoms. The van der Waals surface area contributed by atoms with Crippen LogP contribution in [0.5, 0.6) is 11.7 Å². The molecule has 3 heterocycles. The number of fused-ring (bicyclic) bond motifs is 2. The molecule has 1 aromatic heterocycles. The summed E-state index contributed by atoms with van der Waals surface area (Å²) in [5.74, 6) is 0.867. The number of rotatable bonds is 4. The van der Waals surface area contributed by atoms with Gasteiger partial charge in [-0.15, -0.1) is 0 Å². The summed E-state index contributed by atoms with van der Waals surface area (Å²) in [4.78, 5) is 12.3. The molecule has 2 saturated heterocycles. The van der Waals surface area contributed by atoms with E-state index in [0.29, 0.717) is 29.3 Å². The molecule has 0 radical (unpaired) electrons. The van der Waals surface area contributed by atoms with Crippen molar-refractivity contribution >= 4 is 17.5 Å². The largest absolute Gasteiger partial charge is 0.426 e. The van der Waals surface area contributed by atoms with Crippen molar-refractivity contribution in [3.63, 3.8) is 0 Å². The van der Waals surface area contributed by atoms with Crippen molar-refractivity contribution in [2.45, 2.75) is 37.4 Å². The topological polar surface area (TPSA) is 63.5 Å². The molecule has 2 bridgehead atoms. The molecule has 2 aromatic rings. The van der Waals surface area contributed by atoms with Crippen molar-refractivity contribution in [3.05, 3.63) is 47.2 Å². The lowest BCUT2D eigenvalue weighted by molar-refractivity contribution is 0.0931. The van der Waals surface area contributed by atoms with Gasteiger partial charge in [-0.2, -0.15) is 0 Å². The van der Waals surface area contributed by atoms with Crippen LogP contribution in [-0.4, -0.2) is 24.0 Å². The maximum Gasteiger partial charge on any atom is 0.291 e. The van der Waals surface area contributed by atoms with E-state index in [2.05, 4.69) is 10.6 Å². The number of hydrogen-bond donors (Lipinski definition) is 2. The van der Waals surface area contributed by atoms with Gasteiger partial charge in [0.2, 0.25) is 0 Å². The van der Waals surface area contributed by atoms with E-state index in [9.17, 15) is 4.79 Å². The second kappa shape index (κ2) is 5.91. The van der Waals surface area contributed by atoms with Gasteiger partial charge in [0.15, 0.2) is 5.22 Å². The van der Waals surface area contributed by atoms with Crippen molar-refractivity contribution in [1.82, 2.24) is 10.6 Å². The molecule has 120 valence electrons. The van der Waals surface area contributed by atoms with Crippen LogP contribution >= 0.6 is 11.6 Å². The lowest BCUT2D eigenvalue weighted by atomic mass is 9.95. The number of carbonyl (C=O) groups excluding carboxylic acids is 1. The van der Waals surface area contributed by atoms with Crippen molar-refractivity contribution < 1.29 is 13.9 Å². The van der Waals surface area contributed by atoms with Gasteiger partial charge in [0, 0.05) is 35.8 Å². The fourth-order valence-electron chi connectivity index (χ4n) is 3.38. The average molecular weight is 333 g/mol. The van der Waals surface area contributed by atoms with Gasteiger partial charge in [0.05, 0.1) is 0 Å². The van der Waals surface area contributed by atoms with Gasteiger partial charge in [-0.3, -0.25) is 4.79 Å². The second-order valence-electron chi connectivity index (χ2n) is 6.05. The van der Waals surface area contributed by atoms with Gasteiger partial charge >= 0.3 is 0 Å². The van der Waals surface area contributed by atoms with Crippen LogP contribution in [0.1, 0.15) is 29.6 Å². The Balaban J connectivity index is 1.38. The van der Waals surface area contributed by atoms with Gasteiger partial charge in [0.1, 0.15) is 5.75 Å². The molecule has 2 fully saturated rings. The van der Waals surface area contributed by atoms with Gasteiger partial charge in [-0.1, -0.05) is 0 Å². The van der Waals surface area contributed by atoms with E-state index in [4.69, 9.17) is 20.8 Å². The van der Waals surface area contributed by atoms with Crippen LogP contribution in [0.2, 0.25) is 5.22 Å². The van der Waals surface area contributed by atoms with E-state index in [0.717, 1.165) is 12.8 Å². The zero-order valence-corrected chi connectivity index (χ0v) is 13.2. The molecular weight excluding hydrogens is 316 g/mol. The highest BCUT2D eigenvalue weighted by Crippen LogP contribution is 2.29. The van der Waals surface area contributed by atoms with Crippen LogP contribution in [0.25, 0.3) is 0 Å². The molecule has 0 spiro atoms. The first-order valence-electron chi connectivity index (χ1n) is 7.77. The van der Waals surface area contributed by atoms with E-state index in [1.807, 2.05) is 0 Å². The highest BCUT2D eigenvalue weighted by atomic mass is 35.5. The Labute approximate surface area is 139 Å². The van der Waals surface area contributed by atoms with Crippen LogP contribution < -0.4 is 15.4 Å². The predicted octanol–water partition coefficient (Wildman–Crippen LogP) is 3.35. The van der Waals surface area contributed by atoms with E-state index >= 15 is 0 Å². The smallest absolute Gasteiger partial charge is 0.291 e. The molecule has 1 amide bonds. The fraction of sp³-hybridized carbons (Fsp3) is 0.353. The van der Waals surface area contributed by atoms with E-state index < -0.39 is 0 Å². The van der Waals surface area contributed by atoms with E-state index in [-0.39, 0.29) is 17.2 Å². The summed E-state index contributed by atoms with van der Waals surface area (Å²) in [6.07, 6.45) is 3.39. The monoisotopic (exact) mass is 332 g/mol. The summed E-state index contributed by atoms with van der Waals surface area (Å²) >= 11 is 5.70. The molecule has 1 aromatic carbocycles. The van der Waals surface area contributed by atoms with Gasteiger partial charge in [-0.25, -0.2) is 0 Å². The molecule has 2 aliphatic rings. The Morgan fingerprint density at radius 3 is 2.65 bits per heavy atom. The number of ether oxygens (including phenoxy) is 1. The summed E-state index contributed by atoms with van der Waals surface area (Å²) in [6, 6.07) is 11.5. The summed E-state index contributed by atoms with van der Waals surface area (Å²) in [5.41, 5.74) is 0.623. The molecule has 3 unspecified atom stereocenters. The minimum atomic E-state index is -0.0445. The van der Waals surface area contributed by atoms with Crippen LogP contribution in [0.3, 0.4) is 0 Å². The molecule has 2 aliphatic heterocycles. The normalized spacial score (nSPS) is 25.5. The Morgan fingerprint density at radius 2 is 2.04 bits per heavy atom. The third-order valence-electron chi connectivity index (χ3n) is 4.50. The number of hydrogen-bond acceptors (Lipinski definition) is 4. The first-order chi connectivity index (χ1) is 11.2. The highest BCUT2D eigenvalue weighted by molar-refractivity contribution is 6.28. The number of nitrogens with one attached hydrogen (secondary N) is 2. The lowest BCUT2D eigenvalue weighted by Gasteiger charge is -2.21. The quantitative estimate of drug-likeness (QED) is 0.901. The number of carbonyl (C=O) groups is 1. The standard InChI is InChI=1S/C17H17ClN2O3/c18-15-7-8-16(23-15)22-12-4-1-10(2-5-12)17(21)20-14-9-11-3-6-13(14)19-11/h1-2,4-5,7-8,11,13-14,19H,3,6,9H2,(H,20,21). The zero-order valence-electron chi connectivity index (χ0n) is 12.4. The first kappa shape index (κ1) is 14.6. The van der Waals surface area contributed by atoms with Crippen molar-refractivity contribution in [3.8, 4) is 11.7 Å². The molecule has 23 heavy (non-hydrogen) atoms. The SMILES string of the molecule is O=C(NC1CC2CCC1N2)c1ccc(Oc2ccc(Cl)o2)cc1. The van der Waals surface area contributed by atoms with Crippen molar-refractivity contribution in [1.29, 1.82) is 0 Å². The Hall–Kier alpha value is -1.98. The fourth-order valence-corrected chi connectivity index (χ4v) is 3.52. The van der Waals surface area contributed by atoms with Crippen LogP contribution in [-0.2, 0) is 0 Å². The van der Waals surface area contributed by atoms with Gasteiger partial charge in [0.25, 0.3) is 11.9 Å². The molecule has 2 N–H and O–H groups in total. The minimum absolute atomic E-state index is 0.0445. The third-order valence-corrected chi connectivity index (χ3v) is 4.70. The predicted molar refractivity (Wildman–Crippen MR) is 86.1 cm³/mol. The average Bonchev–Trinajstić information content (AvgIpc) is 3.25. The Bertz CT molecular complexity index is 713. The molecular formula is C17H17ClN2O3. The summed E-state index contributed by atoms with van der Waals surface area (Å²) in [5, 5.41) is 6.91.